The number of carbonyl (C=O) groups is 1. The molecular weight excluding hydrogens is 298 g/mol. The van der Waals surface area contributed by atoms with Crippen LogP contribution in [-0.4, -0.2) is 37.0 Å². The summed E-state index contributed by atoms with van der Waals surface area (Å²) in [4.78, 5) is 22.0. The first-order chi connectivity index (χ1) is 9.89. The third-order valence-corrected chi connectivity index (χ3v) is 4.88. The molecule has 0 saturated carbocycles. The Kier molecular flexibility index (Phi) is 4.32. The van der Waals surface area contributed by atoms with E-state index in [0.717, 1.165) is 0 Å². The number of nitro benzene ring substituents is 1. The lowest BCUT2D eigenvalue weighted by Gasteiger charge is -2.04. The Bertz CT molecular complexity index is 699. The molecule has 1 amide bonds. The van der Waals surface area contributed by atoms with Crippen molar-refractivity contribution in [2.75, 3.05) is 11.5 Å². The lowest BCUT2D eigenvalue weighted by atomic mass is 10.1. The third kappa shape index (κ3) is 3.85. The van der Waals surface area contributed by atoms with E-state index in [4.69, 9.17) is 0 Å². The van der Waals surface area contributed by atoms with Crippen LogP contribution in [0, 0.1) is 16.0 Å². The molecule has 1 fully saturated rings. The van der Waals surface area contributed by atoms with Crippen molar-refractivity contribution in [3.63, 3.8) is 0 Å². The van der Waals surface area contributed by atoms with Crippen LogP contribution in [0.3, 0.4) is 0 Å². The second-order valence-corrected chi connectivity index (χ2v) is 6.88. The molecule has 2 rings (SSSR count). The van der Waals surface area contributed by atoms with Crippen LogP contribution in [0.15, 0.2) is 29.4 Å². The number of amides is 1. The van der Waals surface area contributed by atoms with Crippen molar-refractivity contribution in [1.82, 2.24) is 5.43 Å². The Morgan fingerprint density at radius 1 is 1.43 bits per heavy atom. The van der Waals surface area contributed by atoms with Crippen LogP contribution < -0.4 is 5.43 Å². The quantitative estimate of drug-likeness (QED) is 0.493. The second kappa shape index (κ2) is 6.00. The van der Waals surface area contributed by atoms with Gasteiger partial charge in [-0.05, 0) is 12.5 Å². The van der Waals surface area contributed by atoms with Crippen LogP contribution in [0.2, 0.25) is 0 Å². The molecule has 0 bridgehead atoms. The van der Waals surface area contributed by atoms with Crippen LogP contribution in [0.4, 0.5) is 5.69 Å². The largest absolute Gasteiger partial charge is 0.278 e. The number of sulfone groups is 1. The van der Waals surface area contributed by atoms with E-state index < -0.39 is 26.6 Å². The molecule has 0 spiro atoms. The van der Waals surface area contributed by atoms with Crippen LogP contribution in [0.25, 0.3) is 0 Å². The Morgan fingerprint density at radius 2 is 2.14 bits per heavy atom. The maximum atomic E-state index is 11.7. The van der Waals surface area contributed by atoms with Gasteiger partial charge in [0.2, 0.25) is 5.91 Å². The number of hydrazone groups is 1. The van der Waals surface area contributed by atoms with Crippen molar-refractivity contribution < 1.29 is 18.1 Å². The number of benzene rings is 1. The molecule has 0 radical (unpaired) electrons. The van der Waals surface area contributed by atoms with Gasteiger partial charge in [0.1, 0.15) is 0 Å². The fourth-order valence-corrected chi connectivity index (χ4v) is 3.76. The van der Waals surface area contributed by atoms with Gasteiger partial charge in [-0.2, -0.15) is 5.10 Å². The second-order valence-electron chi connectivity index (χ2n) is 4.65. The summed E-state index contributed by atoms with van der Waals surface area (Å²) in [5, 5.41) is 14.4. The summed E-state index contributed by atoms with van der Waals surface area (Å²) in [6.45, 7) is 0. The number of nitro groups is 1. The van der Waals surface area contributed by atoms with Crippen molar-refractivity contribution in [3.05, 3.63) is 39.9 Å². The molecule has 0 aliphatic carbocycles. The Labute approximate surface area is 120 Å². The van der Waals surface area contributed by atoms with Gasteiger partial charge in [-0.25, -0.2) is 13.8 Å². The summed E-state index contributed by atoms with van der Waals surface area (Å²) in [5.74, 6) is -1.29. The van der Waals surface area contributed by atoms with Crippen LogP contribution >= 0.6 is 0 Å². The maximum Gasteiger partial charge on any atom is 0.278 e. The highest BCUT2D eigenvalue weighted by molar-refractivity contribution is 7.91. The molecule has 1 aromatic rings. The lowest BCUT2D eigenvalue weighted by molar-refractivity contribution is -0.385. The third-order valence-electron chi connectivity index (χ3n) is 3.12. The molecule has 9 heteroatoms. The van der Waals surface area contributed by atoms with Crippen LogP contribution in [0.5, 0.6) is 0 Å². The molecule has 1 aromatic carbocycles. The van der Waals surface area contributed by atoms with Gasteiger partial charge >= 0.3 is 0 Å². The summed E-state index contributed by atoms with van der Waals surface area (Å²) < 4.78 is 22.5. The summed E-state index contributed by atoms with van der Waals surface area (Å²) >= 11 is 0. The van der Waals surface area contributed by atoms with E-state index >= 15 is 0 Å². The maximum absolute atomic E-state index is 11.7. The minimum atomic E-state index is -3.14. The standard InChI is InChI=1S/C12H13N3O5S/c16-12(10-5-6-21(19,20)8-10)14-13-7-9-3-1-2-4-11(9)15(17)18/h1-4,7,10H,5-6,8H2,(H,14,16)/b13-7-/t10-/m0/s1. The normalized spacial score (nSPS) is 20.5. The van der Waals surface area contributed by atoms with Gasteiger partial charge in [-0.1, -0.05) is 12.1 Å². The average Bonchev–Trinajstić information content (AvgIpc) is 2.79. The molecule has 1 atom stereocenters. The molecule has 0 unspecified atom stereocenters. The fraction of sp³-hybridized carbons (Fsp3) is 0.333. The van der Waals surface area contributed by atoms with Crippen molar-refractivity contribution in [1.29, 1.82) is 0 Å². The van der Waals surface area contributed by atoms with Gasteiger partial charge in [0.05, 0.1) is 34.1 Å². The molecule has 1 aliphatic rings. The van der Waals surface area contributed by atoms with E-state index in [1.807, 2.05) is 0 Å². The van der Waals surface area contributed by atoms with Crippen molar-refractivity contribution in [2.45, 2.75) is 6.42 Å². The SMILES string of the molecule is O=C(N/N=C\c1ccccc1[N+](=O)[O-])[C@H]1CCS(=O)(=O)C1. The van der Waals surface area contributed by atoms with E-state index in [9.17, 15) is 23.3 Å². The molecule has 1 N–H and O–H groups in total. The van der Waals surface area contributed by atoms with Crippen molar-refractivity contribution in [2.24, 2.45) is 11.0 Å². The molecule has 8 nitrogen and oxygen atoms in total. The smallest absolute Gasteiger partial charge is 0.273 e. The number of para-hydroxylation sites is 1. The summed E-state index contributed by atoms with van der Waals surface area (Å²) in [7, 11) is -3.14. The number of hydrogen-bond acceptors (Lipinski definition) is 6. The minimum Gasteiger partial charge on any atom is -0.273 e. The predicted octanol–water partition coefficient (Wildman–Crippen LogP) is 0.480. The molecular formula is C12H13N3O5S. The Morgan fingerprint density at radius 3 is 2.76 bits per heavy atom. The Hall–Kier alpha value is -2.29. The summed E-state index contributed by atoms with van der Waals surface area (Å²) in [6.07, 6.45) is 1.44. The highest BCUT2D eigenvalue weighted by Crippen LogP contribution is 2.18. The topological polar surface area (TPSA) is 119 Å². The number of carbonyl (C=O) groups excluding carboxylic acids is 1. The van der Waals surface area contributed by atoms with Gasteiger partial charge in [0.25, 0.3) is 5.69 Å². The zero-order valence-electron chi connectivity index (χ0n) is 10.9. The monoisotopic (exact) mass is 311 g/mol. The predicted molar refractivity (Wildman–Crippen MR) is 75.6 cm³/mol. The molecule has 1 saturated heterocycles. The number of nitrogens with one attached hydrogen (secondary N) is 1. The zero-order valence-corrected chi connectivity index (χ0v) is 11.7. The van der Waals surface area contributed by atoms with Gasteiger partial charge in [0, 0.05) is 6.07 Å². The molecule has 21 heavy (non-hydrogen) atoms. The van der Waals surface area contributed by atoms with E-state index in [1.165, 1.54) is 24.4 Å². The summed E-state index contributed by atoms with van der Waals surface area (Å²) in [6, 6.07) is 5.96. The molecule has 0 aromatic heterocycles. The summed E-state index contributed by atoms with van der Waals surface area (Å²) in [5.41, 5.74) is 2.35. The van der Waals surface area contributed by atoms with Gasteiger partial charge in [-0.3, -0.25) is 14.9 Å². The number of rotatable bonds is 4. The van der Waals surface area contributed by atoms with E-state index in [2.05, 4.69) is 10.5 Å². The van der Waals surface area contributed by atoms with Crippen molar-refractivity contribution in [3.8, 4) is 0 Å². The van der Waals surface area contributed by atoms with E-state index in [0.29, 0.717) is 0 Å². The van der Waals surface area contributed by atoms with Crippen molar-refractivity contribution >= 4 is 27.6 Å². The number of nitrogens with zero attached hydrogens (tertiary/aromatic N) is 2. The first-order valence-corrected chi connectivity index (χ1v) is 7.98. The van der Waals surface area contributed by atoms with E-state index in [1.54, 1.807) is 6.07 Å². The van der Waals surface area contributed by atoms with Crippen LogP contribution in [-0.2, 0) is 14.6 Å². The molecule has 1 aliphatic heterocycles. The fourth-order valence-electron chi connectivity index (χ4n) is 2.02. The highest BCUT2D eigenvalue weighted by atomic mass is 32.2. The first kappa shape index (κ1) is 15.1. The average molecular weight is 311 g/mol. The van der Waals surface area contributed by atoms with Gasteiger partial charge in [-0.15, -0.1) is 0 Å². The van der Waals surface area contributed by atoms with Crippen LogP contribution in [0.1, 0.15) is 12.0 Å². The van der Waals surface area contributed by atoms with Gasteiger partial charge in [0.15, 0.2) is 9.84 Å². The zero-order chi connectivity index (χ0) is 15.5. The molecule has 112 valence electrons. The minimum absolute atomic E-state index is 0.00103. The lowest BCUT2D eigenvalue weighted by Crippen LogP contribution is -2.27. The first-order valence-electron chi connectivity index (χ1n) is 6.16. The highest BCUT2D eigenvalue weighted by Gasteiger charge is 2.32. The molecule has 1 heterocycles. The van der Waals surface area contributed by atoms with Gasteiger partial charge < -0.3 is 0 Å². The number of hydrogen-bond donors (Lipinski definition) is 1. The van der Waals surface area contributed by atoms with E-state index in [-0.39, 0.29) is 29.2 Å². The Balaban J connectivity index is 2.00.